The van der Waals surface area contributed by atoms with Gasteiger partial charge in [-0.2, -0.15) is 0 Å². The number of ether oxygens (including phenoxy) is 2. The van der Waals surface area contributed by atoms with Crippen molar-refractivity contribution in [3.8, 4) is 11.5 Å². The van der Waals surface area contributed by atoms with Gasteiger partial charge in [-0.1, -0.05) is 60.7 Å². The van der Waals surface area contributed by atoms with Crippen molar-refractivity contribution in [2.24, 2.45) is 0 Å². The highest BCUT2D eigenvalue weighted by Gasteiger charge is 2.17. The Kier molecular flexibility index (Phi) is 5.47. The summed E-state index contributed by atoms with van der Waals surface area (Å²) in [7, 11) is 0. The van der Waals surface area contributed by atoms with E-state index in [1.807, 2.05) is 91.9 Å². The Labute approximate surface area is 147 Å². The number of rotatable bonds is 6. The second-order valence-corrected chi connectivity index (χ2v) is 5.80. The average molecular weight is 332 g/mol. The van der Waals surface area contributed by atoms with Gasteiger partial charge in [-0.05, 0) is 42.3 Å². The van der Waals surface area contributed by atoms with Crippen LogP contribution >= 0.6 is 0 Å². The highest BCUT2D eigenvalue weighted by molar-refractivity contribution is 5.77. The number of hydrogen-bond acceptors (Lipinski definition) is 3. The highest BCUT2D eigenvalue weighted by Crippen LogP contribution is 2.26. The van der Waals surface area contributed by atoms with Crippen LogP contribution in [0.3, 0.4) is 0 Å². The van der Waals surface area contributed by atoms with E-state index in [9.17, 15) is 4.79 Å². The lowest BCUT2D eigenvalue weighted by atomic mass is 10.0. The SMILES string of the molecule is C[C@H](C(=O)OCc1ccccc1)c1cccc(Oc2ccccc2)c1. The number of carbonyl (C=O) groups is 1. The summed E-state index contributed by atoms with van der Waals surface area (Å²) < 4.78 is 11.2. The Morgan fingerprint density at radius 3 is 2.20 bits per heavy atom. The summed E-state index contributed by atoms with van der Waals surface area (Å²) >= 11 is 0. The molecule has 1 atom stereocenters. The van der Waals surface area contributed by atoms with Gasteiger partial charge in [0.1, 0.15) is 18.1 Å². The van der Waals surface area contributed by atoms with E-state index < -0.39 is 0 Å². The van der Waals surface area contributed by atoms with Gasteiger partial charge in [-0.3, -0.25) is 4.79 Å². The average Bonchev–Trinajstić information content (AvgIpc) is 2.67. The maximum absolute atomic E-state index is 12.3. The number of hydrogen-bond donors (Lipinski definition) is 0. The van der Waals surface area contributed by atoms with E-state index in [1.54, 1.807) is 0 Å². The molecule has 126 valence electrons. The molecule has 25 heavy (non-hydrogen) atoms. The molecule has 3 aromatic rings. The van der Waals surface area contributed by atoms with E-state index in [0.717, 1.165) is 16.9 Å². The van der Waals surface area contributed by atoms with Gasteiger partial charge in [0, 0.05) is 0 Å². The van der Waals surface area contributed by atoms with Crippen LogP contribution in [0.15, 0.2) is 84.9 Å². The maximum atomic E-state index is 12.3. The van der Waals surface area contributed by atoms with Crippen molar-refractivity contribution in [3.05, 3.63) is 96.1 Å². The summed E-state index contributed by atoms with van der Waals surface area (Å²) in [5, 5.41) is 0. The van der Waals surface area contributed by atoms with Crippen molar-refractivity contribution < 1.29 is 14.3 Å². The molecule has 0 heterocycles. The van der Waals surface area contributed by atoms with Crippen LogP contribution in [0.5, 0.6) is 11.5 Å². The Morgan fingerprint density at radius 1 is 0.840 bits per heavy atom. The first kappa shape index (κ1) is 16.8. The Morgan fingerprint density at radius 2 is 1.48 bits per heavy atom. The van der Waals surface area contributed by atoms with Crippen molar-refractivity contribution in [1.82, 2.24) is 0 Å². The molecule has 3 nitrogen and oxygen atoms in total. The van der Waals surface area contributed by atoms with Crippen molar-refractivity contribution >= 4 is 5.97 Å². The Balaban J connectivity index is 1.64. The normalized spacial score (nSPS) is 11.6. The van der Waals surface area contributed by atoms with Crippen molar-refractivity contribution in [3.63, 3.8) is 0 Å². The third-order valence-electron chi connectivity index (χ3n) is 3.91. The molecule has 0 unspecified atom stereocenters. The first-order valence-electron chi connectivity index (χ1n) is 8.26. The minimum atomic E-state index is -0.358. The molecule has 0 aliphatic rings. The summed E-state index contributed by atoms with van der Waals surface area (Å²) in [6.45, 7) is 2.12. The van der Waals surface area contributed by atoms with Gasteiger partial charge in [0.05, 0.1) is 5.92 Å². The van der Waals surface area contributed by atoms with Gasteiger partial charge >= 0.3 is 5.97 Å². The van der Waals surface area contributed by atoms with Gasteiger partial charge < -0.3 is 9.47 Å². The predicted octanol–water partition coefficient (Wildman–Crippen LogP) is 5.33. The maximum Gasteiger partial charge on any atom is 0.313 e. The zero-order chi connectivity index (χ0) is 17.5. The summed E-state index contributed by atoms with van der Waals surface area (Å²) in [6, 6.07) is 26.8. The molecule has 3 rings (SSSR count). The quantitative estimate of drug-likeness (QED) is 0.573. The molecule has 0 aliphatic carbocycles. The number of benzene rings is 3. The van der Waals surface area contributed by atoms with E-state index in [2.05, 4.69) is 0 Å². The molecular weight excluding hydrogens is 312 g/mol. The first-order valence-corrected chi connectivity index (χ1v) is 8.26. The van der Waals surface area contributed by atoms with Crippen molar-refractivity contribution in [2.75, 3.05) is 0 Å². The molecular formula is C22H20O3. The standard InChI is InChI=1S/C22H20O3/c1-17(22(23)24-16-18-9-4-2-5-10-18)19-11-8-14-21(15-19)25-20-12-6-3-7-13-20/h2-15,17H,16H2,1H3/t17-/m0/s1. The summed E-state index contributed by atoms with van der Waals surface area (Å²) in [4.78, 5) is 12.3. The lowest BCUT2D eigenvalue weighted by Gasteiger charge is -2.13. The minimum Gasteiger partial charge on any atom is -0.460 e. The van der Waals surface area contributed by atoms with Crippen LogP contribution in [0.1, 0.15) is 24.0 Å². The molecule has 0 spiro atoms. The van der Waals surface area contributed by atoms with Crippen LogP contribution < -0.4 is 4.74 Å². The molecule has 0 aromatic heterocycles. The zero-order valence-electron chi connectivity index (χ0n) is 14.1. The molecule has 0 saturated heterocycles. The summed E-state index contributed by atoms with van der Waals surface area (Å²) in [5.74, 6) is 0.856. The van der Waals surface area contributed by atoms with Crippen molar-refractivity contribution in [2.45, 2.75) is 19.4 Å². The van der Waals surface area contributed by atoms with Gasteiger partial charge in [0.2, 0.25) is 0 Å². The van der Waals surface area contributed by atoms with E-state index in [0.29, 0.717) is 5.75 Å². The van der Waals surface area contributed by atoms with Gasteiger partial charge in [-0.25, -0.2) is 0 Å². The molecule has 0 fully saturated rings. The molecule has 0 bridgehead atoms. The number of para-hydroxylation sites is 1. The molecule has 0 amide bonds. The number of esters is 1. The molecule has 3 aromatic carbocycles. The van der Waals surface area contributed by atoms with Crippen LogP contribution in [0.4, 0.5) is 0 Å². The Hall–Kier alpha value is -3.07. The molecule has 0 N–H and O–H groups in total. The van der Waals surface area contributed by atoms with E-state index in [1.165, 1.54) is 0 Å². The van der Waals surface area contributed by atoms with Crippen LogP contribution in [-0.4, -0.2) is 5.97 Å². The van der Waals surface area contributed by atoms with Crippen LogP contribution in [0.2, 0.25) is 0 Å². The largest absolute Gasteiger partial charge is 0.460 e. The smallest absolute Gasteiger partial charge is 0.313 e. The fourth-order valence-electron chi connectivity index (χ4n) is 2.46. The van der Waals surface area contributed by atoms with Crippen LogP contribution in [-0.2, 0) is 16.1 Å². The third kappa shape index (κ3) is 4.70. The second kappa shape index (κ2) is 8.15. The molecule has 0 aliphatic heterocycles. The lowest BCUT2D eigenvalue weighted by Crippen LogP contribution is -2.13. The predicted molar refractivity (Wildman–Crippen MR) is 97.6 cm³/mol. The topological polar surface area (TPSA) is 35.5 Å². The van der Waals surface area contributed by atoms with Crippen LogP contribution in [0.25, 0.3) is 0 Å². The molecule has 0 radical (unpaired) electrons. The van der Waals surface area contributed by atoms with Gasteiger partial charge in [0.15, 0.2) is 0 Å². The summed E-state index contributed by atoms with van der Waals surface area (Å²) in [6.07, 6.45) is 0. The minimum absolute atomic E-state index is 0.249. The molecule has 0 saturated carbocycles. The second-order valence-electron chi connectivity index (χ2n) is 5.80. The van der Waals surface area contributed by atoms with E-state index in [-0.39, 0.29) is 18.5 Å². The summed E-state index contributed by atoms with van der Waals surface area (Å²) in [5.41, 5.74) is 1.84. The fraction of sp³-hybridized carbons (Fsp3) is 0.136. The fourth-order valence-corrected chi connectivity index (χ4v) is 2.46. The third-order valence-corrected chi connectivity index (χ3v) is 3.91. The lowest BCUT2D eigenvalue weighted by molar-refractivity contribution is -0.146. The monoisotopic (exact) mass is 332 g/mol. The van der Waals surface area contributed by atoms with Crippen LogP contribution in [0, 0.1) is 0 Å². The highest BCUT2D eigenvalue weighted by atomic mass is 16.5. The molecule has 3 heteroatoms. The van der Waals surface area contributed by atoms with E-state index >= 15 is 0 Å². The zero-order valence-corrected chi connectivity index (χ0v) is 14.1. The number of carbonyl (C=O) groups excluding carboxylic acids is 1. The van der Waals surface area contributed by atoms with E-state index in [4.69, 9.17) is 9.47 Å². The van der Waals surface area contributed by atoms with Gasteiger partial charge in [0.25, 0.3) is 0 Å². The van der Waals surface area contributed by atoms with Gasteiger partial charge in [-0.15, -0.1) is 0 Å². The first-order chi connectivity index (χ1) is 12.2. The van der Waals surface area contributed by atoms with Crippen molar-refractivity contribution in [1.29, 1.82) is 0 Å². The Bertz CT molecular complexity index is 813.